The van der Waals surface area contributed by atoms with Gasteiger partial charge in [-0.3, -0.25) is 9.59 Å². The van der Waals surface area contributed by atoms with Gasteiger partial charge in [0.05, 0.1) is 5.71 Å². The predicted molar refractivity (Wildman–Crippen MR) is 88.1 cm³/mol. The zero-order valence-electron chi connectivity index (χ0n) is 13.4. The lowest BCUT2D eigenvalue weighted by molar-refractivity contribution is -0.135. The Bertz CT molecular complexity index is 581. The number of phenols is 1. The van der Waals surface area contributed by atoms with E-state index < -0.39 is 0 Å². The summed E-state index contributed by atoms with van der Waals surface area (Å²) in [7, 11) is 0. The SMILES string of the molecule is CCC(=NNC(=O)CN1CCCCCC1=O)c1ccc(O)cc1. The highest BCUT2D eigenvalue weighted by atomic mass is 16.3. The summed E-state index contributed by atoms with van der Waals surface area (Å²) in [6.45, 7) is 2.62. The van der Waals surface area contributed by atoms with E-state index in [4.69, 9.17) is 0 Å². The average Bonchev–Trinajstić information content (AvgIpc) is 2.74. The van der Waals surface area contributed by atoms with Gasteiger partial charge < -0.3 is 10.0 Å². The minimum absolute atomic E-state index is 0.0379. The third-order valence-electron chi connectivity index (χ3n) is 3.86. The molecule has 2 rings (SSSR count). The fourth-order valence-corrected chi connectivity index (χ4v) is 2.55. The van der Waals surface area contributed by atoms with Crippen molar-refractivity contribution < 1.29 is 14.7 Å². The molecule has 1 aromatic rings. The van der Waals surface area contributed by atoms with Crippen LogP contribution in [0.2, 0.25) is 0 Å². The summed E-state index contributed by atoms with van der Waals surface area (Å²) in [5.41, 5.74) is 4.09. The van der Waals surface area contributed by atoms with Gasteiger partial charge in [-0.2, -0.15) is 5.10 Å². The lowest BCUT2D eigenvalue weighted by Gasteiger charge is -2.19. The van der Waals surface area contributed by atoms with Crippen LogP contribution in [-0.4, -0.2) is 40.6 Å². The molecule has 1 aliphatic rings. The second-order valence-electron chi connectivity index (χ2n) is 5.62. The van der Waals surface area contributed by atoms with E-state index >= 15 is 0 Å². The van der Waals surface area contributed by atoms with Crippen LogP contribution in [0.4, 0.5) is 0 Å². The first-order valence-corrected chi connectivity index (χ1v) is 8.02. The van der Waals surface area contributed by atoms with Gasteiger partial charge in [0.15, 0.2) is 0 Å². The van der Waals surface area contributed by atoms with E-state index in [0.717, 1.165) is 30.5 Å². The van der Waals surface area contributed by atoms with E-state index in [0.29, 0.717) is 19.4 Å². The fraction of sp³-hybridized carbons (Fsp3) is 0.471. The number of nitrogens with one attached hydrogen (secondary N) is 1. The van der Waals surface area contributed by atoms with Crippen LogP contribution in [0.1, 0.15) is 44.6 Å². The minimum atomic E-state index is -0.287. The van der Waals surface area contributed by atoms with Crippen LogP contribution in [0.25, 0.3) is 0 Å². The number of nitrogens with zero attached hydrogens (tertiary/aromatic N) is 2. The quantitative estimate of drug-likeness (QED) is 0.644. The van der Waals surface area contributed by atoms with E-state index in [1.807, 2.05) is 6.92 Å². The number of hydrazone groups is 1. The Morgan fingerprint density at radius 2 is 2.00 bits per heavy atom. The van der Waals surface area contributed by atoms with Crippen LogP contribution in [0.3, 0.4) is 0 Å². The molecule has 6 nitrogen and oxygen atoms in total. The van der Waals surface area contributed by atoms with Crippen LogP contribution in [0, 0.1) is 0 Å². The molecule has 124 valence electrons. The van der Waals surface area contributed by atoms with Crippen molar-refractivity contribution in [3.8, 4) is 5.75 Å². The maximum Gasteiger partial charge on any atom is 0.259 e. The van der Waals surface area contributed by atoms with Crippen molar-refractivity contribution in [1.29, 1.82) is 0 Å². The predicted octanol–water partition coefficient (Wildman–Crippen LogP) is 2.03. The van der Waals surface area contributed by atoms with Crippen LogP contribution >= 0.6 is 0 Å². The summed E-state index contributed by atoms with van der Waals surface area (Å²) in [5, 5.41) is 13.5. The van der Waals surface area contributed by atoms with Crippen LogP contribution in [-0.2, 0) is 9.59 Å². The molecular weight excluding hydrogens is 294 g/mol. The van der Waals surface area contributed by atoms with Crippen molar-refractivity contribution in [2.45, 2.75) is 39.0 Å². The summed E-state index contributed by atoms with van der Waals surface area (Å²) >= 11 is 0. The molecule has 0 atom stereocenters. The summed E-state index contributed by atoms with van der Waals surface area (Å²) in [5.74, 6) is -0.0613. The summed E-state index contributed by atoms with van der Waals surface area (Å²) < 4.78 is 0. The molecule has 0 aliphatic carbocycles. The maximum absolute atomic E-state index is 12.0. The first kappa shape index (κ1) is 17.0. The Kier molecular flexibility index (Phi) is 6.14. The Morgan fingerprint density at radius 1 is 1.26 bits per heavy atom. The van der Waals surface area contributed by atoms with Gasteiger partial charge in [-0.1, -0.05) is 13.3 Å². The molecule has 2 N–H and O–H groups in total. The van der Waals surface area contributed by atoms with Crippen molar-refractivity contribution in [1.82, 2.24) is 10.3 Å². The van der Waals surface area contributed by atoms with Gasteiger partial charge in [-0.25, -0.2) is 5.43 Å². The number of likely N-dealkylation sites (tertiary alicyclic amines) is 1. The van der Waals surface area contributed by atoms with E-state index in [-0.39, 0.29) is 24.1 Å². The molecule has 2 amide bonds. The largest absolute Gasteiger partial charge is 0.508 e. The van der Waals surface area contributed by atoms with Crippen molar-refractivity contribution in [3.63, 3.8) is 0 Å². The van der Waals surface area contributed by atoms with Gasteiger partial charge in [0, 0.05) is 13.0 Å². The average molecular weight is 317 g/mol. The lowest BCUT2D eigenvalue weighted by Crippen LogP contribution is -2.39. The second kappa shape index (κ2) is 8.31. The first-order chi connectivity index (χ1) is 11.1. The van der Waals surface area contributed by atoms with Gasteiger partial charge >= 0.3 is 0 Å². The molecule has 0 saturated carbocycles. The third-order valence-corrected chi connectivity index (χ3v) is 3.86. The number of rotatable bonds is 5. The fourth-order valence-electron chi connectivity index (χ4n) is 2.55. The minimum Gasteiger partial charge on any atom is -0.508 e. The number of phenolic OH excluding ortho intramolecular Hbond substituents is 1. The molecule has 1 saturated heterocycles. The van der Waals surface area contributed by atoms with Gasteiger partial charge in [0.2, 0.25) is 5.91 Å². The van der Waals surface area contributed by atoms with E-state index in [9.17, 15) is 14.7 Å². The molecule has 1 aromatic carbocycles. The summed E-state index contributed by atoms with van der Waals surface area (Å²) in [4.78, 5) is 25.5. The first-order valence-electron chi connectivity index (χ1n) is 8.02. The molecule has 0 aromatic heterocycles. The van der Waals surface area contributed by atoms with Crippen molar-refractivity contribution in [2.24, 2.45) is 5.10 Å². The smallest absolute Gasteiger partial charge is 0.259 e. The Labute approximate surface area is 136 Å². The Balaban J connectivity index is 1.95. The molecule has 0 spiro atoms. The van der Waals surface area contributed by atoms with E-state index in [1.165, 1.54) is 0 Å². The molecule has 1 aliphatic heterocycles. The number of hydrogen-bond donors (Lipinski definition) is 2. The van der Waals surface area contributed by atoms with E-state index in [1.54, 1.807) is 29.2 Å². The zero-order valence-corrected chi connectivity index (χ0v) is 13.4. The van der Waals surface area contributed by atoms with Gasteiger partial charge in [-0.05, 0) is 49.1 Å². The van der Waals surface area contributed by atoms with Crippen LogP contribution < -0.4 is 5.43 Å². The standard InChI is InChI=1S/C17H23N3O3/c1-2-15(13-7-9-14(21)10-8-13)18-19-16(22)12-20-11-5-3-4-6-17(20)23/h7-10,21H,2-6,11-12H2,1H3,(H,19,22). The molecule has 0 unspecified atom stereocenters. The number of carbonyl (C=O) groups is 2. The highest BCUT2D eigenvalue weighted by Gasteiger charge is 2.19. The Hall–Kier alpha value is -2.37. The zero-order chi connectivity index (χ0) is 16.7. The van der Waals surface area contributed by atoms with Crippen LogP contribution in [0.15, 0.2) is 29.4 Å². The maximum atomic E-state index is 12.0. The lowest BCUT2D eigenvalue weighted by atomic mass is 10.1. The van der Waals surface area contributed by atoms with Crippen LogP contribution in [0.5, 0.6) is 5.75 Å². The summed E-state index contributed by atoms with van der Waals surface area (Å²) in [6.07, 6.45) is 4.03. The second-order valence-corrected chi connectivity index (χ2v) is 5.62. The highest BCUT2D eigenvalue weighted by Crippen LogP contribution is 2.12. The van der Waals surface area contributed by atoms with Crippen molar-refractivity contribution >= 4 is 17.5 Å². The molecule has 0 bridgehead atoms. The van der Waals surface area contributed by atoms with Crippen molar-refractivity contribution in [2.75, 3.05) is 13.1 Å². The van der Waals surface area contributed by atoms with Gasteiger partial charge in [0.1, 0.15) is 12.3 Å². The van der Waals surface area contributed by atoms with E-state index in [2.05, 4.69) is 10.5 Å². The van der Waals surface area contributed by atoms with Crippen molar-refractivity contribution in [3.05, 3.63) is 29.8 Å². The Morgan fingerprint density at radius 3 is 2.70 bits per heavy atom. The number of aromatic hydroxyl groups is 1. The molecule has 1 heterocycles. The molecule has 6 heteroatoms. The number of hydrogen-bond acceptors (Lipinski definition) is 4. The normalized spacial score (nSPS) is 16.1. The monoisotopic (exact) mass is 317 g/mol. The number of amides is 2. The molecule has 0 radical (unpaired) electrons. The van der Waals surface area contributed by atoms with Gasteiger partial charge in [-0.15, -0.1) is 0 Å². The molecule has 23 heavy (non-hydrogen) atoms. The highest BCUT2D eigenvalue weighted by molar-refractivity contribution is 6.01. The number of carbonyl (C=O) groups excluding carboxylic acids is 2. The molecule has 1 fully saturated rings. The number of benzene rings is 1. The third kappa shape index (κ3) is 5.09. The molecular formula is C17H23N3O3. The topological polar surface area (TPSA) is 82.0 Å². The van der Waals surface area contributed by atoms with Gasteiger partial charge in [0.25, 0.3) is 5.91 Å². The summed E-state index contributed by atoms with van der Waals surface area (Å²) in [6, 6.07) is 6.67.